The van der Waals surface area contributed by atoms with E-state index in [1.54, 1.807) is 0 Å². The zero-order valence-electron chi connectivity index (χ0n) is 13.3. The maximum atomic E-state index is 12.8. The van der Waals surface area contributed by atoms with Crippen LogP contribution in [0.15, 0.2) is 24.3 Å². The summed E-state index contributed by atoms with van der Waals surface area (Å²) in [5.41, 5.74) is -0.305. The van der Waals surface area contributed by atoms with Crippen molar-refractivity contribution >= 4 is 11.7 Å². The van der Waals surface area contributed by atoms with Gasteiger partial charge >= 0.3 is 0 Å². The van der Waals surface area contributed by atoms with E-state index < -0.39 is 5.60 Å². The molecule has 1 aliphatic rings. The first kappa shape index (κ1) is 17.6. The van der Waals surface area contributed by atoms with Crippen molar-refractivity contribution in [1.82, 2.24) is 5.32 Å². The average Bonchev–Trinajstić information content (AvgIpc) is 2.54. The van der Waals surface area contributed by atoms with Crippen LogP contribution in [-0.2, 0) is 4.79 Å². The molecule has 0 saturated heterocycles. The minimum Gasteiger partial charge on any atom is -0.388 e. The Kier molecular flexibility index (Phi) is 6.28. The first-order chi connectivity index (χ1) is 11.0. The number of carbonyl (C=O) groups is 2. The molecule has 1 aromatic carbocycles. The van der Waals surface area contributed by atoms with Crippen LogP contribution < -0.4 is 5.32 Å². The number of carbonyl (C=O) groups excluding carboxylic acids is 2. The second-order valence-electron chi connectivity index (χ2n) is 6.35. The highest BCUT2D eigenvalue weighted by atomic mass is 19.1. The summed E-state index contributed by atoms with van der Waals surface area (Å²) in [4.78, 5) is 23.7. The lowest BCUT2D eigenvalue weighted by atomic mass is 9.85. The smallest absolute Gasteiger partial charge is 0.220 e. The molecular weight excluding hydrogens is 297 g/mol. The van der Waals surface area contributed by atoms with Gasteiger partial charge in [-0.05, 0) is 43.5 Å². The van der Waals surface area contributed by atoms with Gasteiger partial charge in [0.2, 0.25) is 5.91 Å². The van der Waals surface area contributed by atoms with Crippen LogP contribution in [0.2, 0.25) is 0 Å². The van der Waals surface area contributed by atoms with E-state index in [9.17, 15) is 19.1 Å². The van der Waals surface area contributed by atoms with Gasteiger partial charge in [0.15, 0.2) is 5.78 Å². The molecule has 2 rings (SSSR count). The van der Waals surface area contributed by atoms with E-state index in [4.69, 9.17) is 0 Å². The Morgan fingerprint density at radius 1 is 1.09 bits per heavy atom. The number of hydrogen-bond donors (Lipinski definition) is 2. The van der Waals surface area contributed by atoms with Crippen LogP contribution in [0.4, 0.5) is 4.39 Å². The number of rotatable bonds is 7. The fraction of sp³-hybridized carbons (Fsp3) is 0.556. The second kappa shape index (κ2) is 8.20. The molecule has 1 saturated carbocycles. The highest BCUT2D eigenvalue weighted by Crippen LogP contribution is 2.27. The fourth-order valence-electron chi connectivity index (χ4n) is 2.93. The molecule has 0 spiro atoms. The van der Waals surface area contributed by atoms with Crippen molar-refractivity contribution in [1.29, 1.82) is 0 Å². The number of nitrogens with one attached hydrogen (secondary N) is 1. The number of Topliss-reactive ketones (excluding diaryl/α,β-unsaturated/α-hetero) is 1. The van der Waals surface area contributed by atoms with E-state index in [1.165, 1.54) is 24.3 Å². The molecule has 0 atom stereocenters. The summed E-state index contributed by atoms with van der Waals surface area (Å²) in [7, 11) is 0. The Morgan fingerprint density at radius 3 is 2.39 bits per heavy atom. The normalized spacial score (nSPS) is 16.8. The molecule has 0 aliphatic heterocycles. The molecule has 0 unspecified atom stereocenters. The summed E-state index contributed by atoms with van der Waals surface area (Å²) in [6.07, 6.45) is 5.55. The molecule has 23 heavy (non-hydrogen) atoms. The molecule has 1 aromatic rings. The molecular formula is C18H24FNO3. The Morgan fingerprint density at radius 2 is 1.74 bits per heavy atom. The molecule has 4 nitrogen and oxygen atoms in total. The van der Waals surface area contributed by atoms with Gasteiger partial charge in [0.05, 0.1) is 5.60 Å². The van der Waals surface area contributed by atoms with Crippen molar-refractivity contribution < 1.29 is 19.1 Å². The second-order valence-corrected chi connectivity index (χ2v) is 6.35. The van der Waals surface area contributed by atoms with Crippen molar-refractivity contribution in [3.63, 3.8) is 0 Å². The van der Waals surface area contributed by atoms with Gasteiger partial charge < -0.3 is 10.4 Å². The van der Waals surface area contributed by atoms with Crippen LogP contribution in [0, 0.1) is 5.82 Å². The maximum Gasteiger partial charge on any atom is 0.220 e. The van der Waals surface area contributed by atoms with E-state index in [0.717, 1.165) is 32.1 Å². The van der Waals surface area contributed by atoms with E-state index >= 15 is 0 Å². The standard InChI is InChI=1S/C18H24FNO3/c19-15-9-7-14(8-10-15)16(21)5-4-6-17(22)20-13-18(23)11-2-1-3-12-18/h7-10,23H,1-6,11-13H2,(H,20,22). The number of benzene rings is 1. The molecule has 5 heteroatoms. The Balaban J connectivity index is 1.66. The van der Waals surface area contributed by atoms with Crippen LogP contribution in [0.5, 0.6) is 0 Å². The molecule has 0 bridgehead atoms. The van der Waals surface area contributed by atoms with Gasteiger partial charge in [-0.3, -0.25) is 9.59 Å². The summed E-state index contributed by atoms with van der Waals surface area (Å²) in [5, 5.41) is 13.1. The van der Waals surface area contributed by atoms with Crippen molar-refractivity contribution in [2.24, 2.45) is 0 Å². The van der Waals surface area contributed by atoms with Crippen LogP contribution >= 0.6 is 0 Å². The number of aliphatic hydroxyl groups is 1. The molecule has 0 heterocycles. The van der Waals surface area contributed by atoms with E-state index in [1.807, 2.05) is 0 Å². The van der Waals surface area contributed by atoms with Crippen molar-refractivity contribution in [3.8, 4) is 0 Å². The molecule has 2 N–H and O–H groups in total. The number of ketones is 1. The SMILES string of the molecule is O=C(CCCC(=O)c1ccc(F)cc1)NCC1(O)CCCCC1. The van der Waals surface area contributed by atoms with Crippen molar-refractivity contribution in [3.05, 3.63) is 35.6 Å². The van der Waals surface area contributed by atoms with Crippen molar-refractivity contribution in [2.45, 2.75) is 57.0 Å². The van der Waals surface area contributed by atoms with Crippen molar-refractivity contribution in [2.75, 3.05) is 6.54 Å². The minimum absolute atomic E-state index is 0.0938. The molecule has 1 fully saturated rings. The lowest BCUT2D eigenvalue weighted by Crippen LogP contribution is -2.44. The Bertz CT molecular complexity index is 536. The van der Waals surface area contributed by atoms with Crippen LogP contribution in [0.3, 0.4) is 0 Å². The van der Waals surface area contributed by atoms with Gasteiger partial charge in [-0.1, -0.05) is 19.3 Å². The van der Waals surface area contributed by atoms with E-state index in [0.29, 0.717) is 12.0 Å². The third-order valence-corrected chi connectivity index (χ3v) is 4.37. The third kappa shape index (κ3) is 5.75. The summed E-state index contributed by atoms with van der Waals surface area (Å²) >= 11 is 0. The van der Waals surface area contributed by atoms with Gasteiger partial charge in [0.25, 0.3) is 0 Å². The number of amides is 1. The van der Waals surface area contributed by atoms with Gasteiger partial charge in [0.1, 0.15) is 5.82 Å². The topological polar surface area (TPSA) is 66.4 Å². The predicted molar refractivity (Wildman–Crippen MR) is 85.6 cm³/mol. The monoisotopic (exact) mass is 321 g/mol. The summed E-state index contributed by atoms with van der Waals surface area (Å²) in [6, 6.07) is 5.42. The van der Waals surface area contributed by atoms with E-state index in [2.05, 4.69) is 5.32 Å². The Hall–Kier alpha value is -1.75. The van der Waals surface area contributed by atoms with Gasteiger partial charge in [0, 0.05) is 24.9 Å². The first-order valence-corrected chi connectivity index (χ1v) is 8.26. The average molecular weight is 321 g/mol. The number of halogens is 1. The predicted octanol–water partition coefficient (Wildman–Crippen LogP) is 2.99. The molecule has 1 amide bonds. The quantitative estimate of drug-likeness (QED) is 0.759. The third-order valence-electron chi connectivity index (χ3n) is 4.37. The fourth-order valence-corrected chi connectivity index (χ4v) is 2.93. The zero-order chi connectivity index (χ0) is 16.7. The molecule has 0 radical (unpaired) electrons. The number of hydrogen-bond acceptors (Lipinski definition) is 3. The van der Waals surface area contributed by atoms with Gasteiger partial charge in [-0.15, -0.1) is 0 Å². The lowest BCUT2D eigenvalue weighted by molar-refractivity contribution is -0.122. The summed E-state index contributed by atoms with van der Waals surface area (Å²) in [6.45, 7) is 0.289. The summed E-state index contributed by atoms with van der Waals surface area (Å²) < 4.78 is 12.8. The van der Waals surface area contributed by atoms with Crippen LogP contribution in [0.1, 0.15) is 61.7 Å². The van der Waals surface area contributed by atoms with E-state index in [-0.39, 0.29) is 36.9 Å². The zero-order valence-corrected chi connectivity index (χ0v) is 13.3. The minimum atomic E-state index is -0.766. The first-order valence-electron chi connectivity index (χ1n) is 8.26. The summed E-state index contributed by atoms with van der Waals surface area (Å²) in [5.74, 6) is -0.610. The van der Waals surface area contributed by atoms with Crippen LogP contribution in [-0.4, -0.2) is 28.9 Å². The highest BCUT2D eigenvalue weighted by Gasteiger charge is 2.29. The molecule has 126 valence electrons. The molecule has 0 aromatic heterocycles. The van der Waals surface area contributed by atoms with Crippen LogP contribution in [0.25, 0.3) is 0 Å². The highest BCUT2D eigenvalue weighted by molar-refractivity contribution is 5.96. The van der Waals surface area contributed by atoms with Gasteiger partial charge in [-0.25, -0.2) is 4.39 Å². The lowest BCUT2D eigenvalue weighted by Gasteiger charge is -2.32. The maximum absolute atomic E-state index is 12.8. The molecule has 1 aliphatic carbocycles. The Labute approximate surface area is 136 Å². The van der Waals surface area contributed by atoms with Gasteiger partial charge in [-0.2, -0.15) is 0 Å². The largest absolute Gasteiger partial charge is 0.388 e.